The zero-order valence-corrected chi connectivity index (χ0v) is 15.8. The van der Waals surface area contributed by atoms with Crippen LogP contribution in [0.15, 0.2) is 48.5 Å². The van der Waals surface area contributed by atoms with Gasteiger partial charge in [0, 0.05) is 12.1 Å². The third kappa shape index (κ3) is 7.40. The van der Waals surface area contributed by atoms with Gasteiger partial charge in [-0.25, -0.2) is 4.79 Å². The van der Waals surface area contributed by atoms with E-state index in [0.29, 0.717) is 24.3 Å². The highest BCUT2D eigenvalue weighted by molar-refractivity contribution is 5.94. The molecule has 0 saturated carbocycles. The van der Waals surface area contributed by atoms with Gasteiger partial charge in [0.25, 0.3) is 5.91 Å². The van der Waals surface area contributed by atoms with Crippen molar-refractivity contribution >= 4 is 11.9 Å². The second kappa shape index (κ2) is 9.07. The summed E-state index contributed by atoms with van der Waals surface area (Å²) in [5, 5.41) is 11.5. The number of ether oxygens (including phenoxy) is 2. The molecule has 0 atom stereocenters. The summed E-state index contributed by atoms with van der Waals surface area (Å²) in [5.74, 6) is 0.0746. The Morgan fingerprint density at radius 2 is 1.56 bits per heavy atom. The van der Waals surface area contributed by atoms with E-state index in [9.17, 15) is 9.59 Å². The molecule has 0 radical (unpaired) electrons. The first-order valence-electron chi connectivity index (χ1n) is 8.74. The molecule has 0 saturated heterocycles. The number of aliphatic carboxylic acids is 1. The van der Waals surface area contributed by atoms with Crippen LogP contribution in [0.3, 0.4) is 0 Å². The number of benzene rings is 2. The molecule has 6 heteroatoms. The summed E-state index contributed by atoms with van der Waals surface area (Å²) < 4.78 is 10.8. The Bertz CT molecular complexity index is 761. The van der Waals surface area contributed by atoms with Crippen molar-refractivity contribution in [3.63, 3.8) is 0 Å². The molecule has 0 fully saturated rings. The predicted octanol–water partition coefficient (Wildman–Crippen LogP) is 3.30. The molecular formula is C21H25NO5. The Hall–Kier alpha value is -3.02. The fourth-order valence-electron chi connectivity index (χ4n) is 2.35. The molecule has 0 unspecified atom stereocenters. The van der Waals surface area contributed by atoms with Crippen molar-refractivity contribution in [3.8, 4) is 11.5 Å². The largest absolute Gasteiger partial charge is 0.488 e. The van der Waals surface area contributed by atoms with Gasteiger partial charge in [-0.05, 0) is 69.2 Å². The van der Waals surface area contributed by atoms with Crippen molar-refractivity contribution in [2.24, 2.45) is 0 Å². The number of amides is 1. The first-order chi connectivity index (χ1) is 12.7. The van der Waals surface area contributed by atoms with Crippen LogP contribution in [0.1, 0.15) is 36.7 Å². The van der Waals surface area contributed by atoms with Gasteiger partial charge < -0.3 is 19.9 Å². The number of hydrogen-bond acceptors (Lipinski definition) is 4. The van der Waals surface area contributed by atoms with E-state index in [-0.39, 0.29) is 18.1 Å². The van der Waals surface area contributed by atoms with E-state index < -0.39 is 5.97 Å². The third-order valence-corrected chi connectivity index (χ3v) is 3.53. The summed E-state index contributed by atoms with van der Waals surface area (Å²) in [7, 11) is 0. The predicted molar refractivity (Wildman–Crippen MR) is 102 cm³/mol. The van der Waals surface area contributed by atoms with Gasteiger partial charge in [-0.15, -0.1) is 0 Å². The van der Waals surface area contributed by atoms with Crippen LogP contribution in [0, 0.1) is 0 Å². The summed E-state index contributed by atoms with van der Waals surface area (Å²) in [6.45, 7) is 6.04. The minimum Gasteiger partial charge on any atom is -0.488 e. The van der Waals surface area contributed by atoms with Crippen LogP contribution in [0.2, 0.25) is 0 Å². The summed E-state index contributed by atoms with van der Waals surface area (Å²) in [5.41, 5.74) is 1.32. The molecule has 0 spiro atoms. The van der Waals surface area contributed by atoms with E-state index in [2.05, 4.69) is 5.32 Å². The summed E-state index contributed by atoms with van der Waals surface area (Å²) in [6, 6.07) is 14.2. The van der Waals surface area contributed by atoms with Crippen LogP contribution in [-0.4, -0.2) is 35.7 Å². The molecule has 0 heterocycles. The second-order valence-electron chi connectivity index (χ2n) is 7.07. The van der Waals surface area contributed by atoms with Gasteiger partial charge in [0.05, 0.1) is 0 Å². The van der Waals surface area contributed by atoms with E-state index in [1.165, 1.54) is 0 Å². The third-order valence-electron chi connectivity index (χ3n) is 3.53. The van der Waals surface area contributed by atoms with Crippen molar-refractivity contribution in [1.82, 2.24) is 5.32 Å². The molecule has 1 amide bonds. The molecule has 0 aliphatic rings. The molecule has 2 aromatic rings. The highest BCUT2D eigenvalue weighted by Gasteiger charge is 2.12. The lowest BCUT2D eigenvalue weighted by Gasteiger charge is -2.21. The average molecular weight is 371 g/mol. The molecule has 0 aliphatic carbocycles. The van der Waals surface area contributed by atoms with E-state index in [4.69, 9.17) is 14.6 Å². The van der Waals surface area contributed by atoms with Crippen molar-refractivity contribution in [2.75, 3.05) is 13.2 Å². The summed E-state index contributed by atoms with van der Waals surface area (Å²) >= 11 is 0. The molecule has 144 valence electrons. The zero-order chi connectivity index (χ0) is 19.9. The number of carboxylic acid groups (broad SMARTS) is 1. The molecule has 0 aliphatic heterocycles. The fourth-order valence-corrected chi connectivity index (χ4v) is 2.35. The van der Waals surface area contributed by atoms with Crippen LogP contribution < -0.4 is 14.8 Å². The minimum absolute atomic E-state index is 0.140. The molecule has 2 N–H and O–H groups in total. The maximum absolute atomic E-state index is 12.2. The highest BCUT2D eigenvalue weighted by atomic mass is 16.5. The smallest absolute Gasteiger partial charge is 0.341 e. The van der Waals surface area contributed by atoms with Crippen molar-refractivity contribution in [2.45, 2.75) is 32.8 Å². The van der Waals surface area contributed by atoms with Crippen molar-refractivity contribution in [1.29, 1.82) is 0 Å². The average Bonchev–Trinajstić information content (AvgIpc) is 2.60. The zero-order valence-electron chi connectivity index (χ0n) is 15.8. The van der Waals surface area contributed by atoms with Crippen LogP contribution in [0.25, 0.3) is 0 Å². The maximum atomic E-state index is 12.2. The van der Waals surface area contributed by atoms with Crippen LogP contribution in [0.4, 0.5) is 0 Å². The monoisotopic (exact) mass is 371 g/mol. The molecular weight excluding hydrogens is 346 g/mol. The van der Waals surface area contributed by atoms with E-state index in [1.54, 1.807) is 36.4 Å². The van der Waals surface area contributed by atoms with Crippen LogP contribution >= 0.6 is 0 Å². The van der Waals surface area contributed by atoms with Gasteiger partial charge in [0.1, 0.15) is 17.1 Å². The molecule has 2 aromatic carbocycles. The SMILES string of the molecule is CC(C)(C)Oc1ccc(C(=O)NCCc2ccc(OCC(=O)O)cc2)cc1. The van der Waals surface area contributed by atoms with E-state index in [0.717, 1.165) is 11.3 Å². The lowest BCUT2D eigenvalue weighted by atomic mass is 10.1. The maximum Gasteiger partial charge on any atom is 0.341 e. The number of carbonyl (C=O) groups excluding carboxylic acids is 1. The first kappa shape index (κ1) is 20.3. The lowest BCUT2D eigenvalue weighted by molar-refractivity contribution is -0.139. The van der Waals surface area contributed by atoms with Crippen LogP contribution in [0.5, 0.6) is 11.5 Å². The first-order valence-corrected chi connectivity index (χ1v) is 8.74. The number of rotatable bonds is 8. The number of nitrogens with one attached hydrogen (secondary N) is 1. The molecule has 27 heavy (non-hydrogen) atoms. The Labute approximate surface area is 159 Å². The molecule has 0 aromatic heterocycles. The van der Waals surface area contributed by atoms with Gasteiger partial charge in [0.15, 0.2) is 6.61 Å². The Balaban J connectivity index is 1.79. The topological polar surface area (TPSA) is 84.9 Å². The quantitative estimate of drug-likeness (QED) is 0.744. The molecule has 6 nitrogen and oxygen atoms in total. The standard InChI is InChI=1S/C21H25NO5/c1-21(2,3)27-18-10-6-16(7-11-18)20(25)22-13-12-15-4-8-17(9-5-15)26-14-19(23)24/h4-11H,12-14H2,1-3H3,(H,22,25)(H,23,24). The van der Waals surface area contributed by atoms with Gasteiger partial charge in [-0.2, -0.15) is 0 Å². The normalized spacial score (nSPS) is 10.9. The Kier molecular flexibility index (Phi) is 6.82. The Morgan fingerprint density at radius 3 is 2.11 bits per heavy atom. The van der Waals surface area contributed by atoms with Crippen molar-refractivity contribution < 1.29 is 24.2 Å². The molecule has 2 rings (SSSR count). The Morgan fingerprint density at radius 1 is 0.963 bits per heavy atom. The van der Waals surface area contributed by atoms with Crippen LogP contribution in [-0.2, 0) is 11.2 Å². The van der Waals surface area contributed by atoms with Gasteiger partial charge >= 0.3 is 5.97 Å². The second-order valence-corrected chi connectivity index (χ2v) is 7.07. The van der Waals surface area contributed by atoms with Gasteiger partial charge in [0.2, 0.25) is 0 Å². The van der Waals surface area contributed by atoms with E-state index >= 15 is 0 Å². The van der Waals surface area contributed by atoms with Crippen molar-refractivity contribution in [3.05, 3.63) is 59.7 Å². The van der Waals surface area contributed by atoms with E-state index in [1.807, 2.05) is 32.9 Å². The number of carbonyl (C=O) groups is 2. The lowest BCUT2D eigenvalue weighted by Crippen LogP contribution is -2.26. The summed E-state index contributed by atoms with van der Waals surface area (Å²) in [4.78, 5) is 22.7. The summed E-state index contributed by atoms with van der Waals surface area (Å²) in [6.07, 6.45) is 0.663. The fraction of sp³-hybridized carbons (Fsp3) is 0.333. The highest BCUT2D eigenvalue weighted by Crippen LogP contribution is 2.18. The minimum atomic E-state index is -1.01. The molecule has 0 bridgehead atoms. The number of hydrogen-bond donors (Lipinski definition) is 2. The van der Waals surface area contributed by atoms with Gasteiger partial charge in [-0.3, -0.25) is 4.79 Å². The number of carboxylic acids is 1. The van der Waals surface area contributed by atoms with Gasteiger partial charge in [-0.1, -0.05) is 12.1 Å².